The lowest BCUT2D eigenvalue weighted by atomic mass is 9.86. The Kier molecular flexibility index (Phi) is 6.29. The zero-order chi connectivity index (χ0) is 24.7. The fraction of sp³-hybridized carbons (Fsp3) is 0.385. The van der Waals surface area contributed by atoms with Crippen LogP contribution in [0, 0.1) is 19.3 Å². The Morgan fingerprint density at radius 1 is 1.00 bits per heavy atom. The Bertz CT molecular complexity index is 1300. The van der Waals surface area contributed by atoms with Crippen LogP contribution < -0.4 is 14.8 Å². The fourth-order valence-electron chi connectivity index (χ4n) is 4.29. The number of aryl methyl sites for hydroxylation is 2. The van der Waals surface area contributed by atoms with Gasteiger partial charge in [-0.1, -0.05) is 45.0 Å². The van der Waals surface area contributed by atoms with Crippen molar-refractivity contribution in [3.8, 4) is 17.1 Å². The molecule has 4 rings (SSSR count). The van der Waals surface area contributed by atoms with Gasteiger partial charge in [0.2, 0.25) is 11.8 Å². The first-order valence-corrected chi connectivity index (χ1v) is 12.9. The van der Waals surface area contributed by atoms with Gasteiger partial charge < -0.3 is 10.1 Å². The summed E-state index contributed by atoms with van der Waals surface area (Å²) < 4.78 is 35.2. The number of sulfonamides is 1. The summed E-state index contributed by atoms with van der Waals surface area (Å²) >= 11 is 0. The molecular weight excluding hydrogens is 448 g/mol. The van der Waals surface area contributed by atoms with Crippen molar-refractivity contribution < 1.29 is 13.2 Å². The van der Waals surface area contributed by atoms with E-state index in [0.717, 1.165) is 23.1 Å². The van der Waals surface area contributed by atoms with Crippen molar-refractivity contribution in [2.24, 2.45) is 5.41 Å². The van der Waals surface area contributed by atoms with E-state index in [2.05, 4.69) is 40.8 Å². The van der Waals surface area contributed by atoms with E-state index in [1.807, 2.05) is 45.0 Å². The molecule has 2 atom stereocenters. The standard InChI is InChI=1S/C26H32N4O3S/c1-16-9-7-10-17(2)24(16)21-14-23-29-25(28-21)30-34(31,32)20-12-8-11-19(13-20)27-22(18(3)33-23)15-26(4,5)6/h7-14,18,22,27H,15H2,1-6H3,(H,28,29,30)/t18-,22-/m0/s1. The van der Waals surface area contributed by atoms with Crippen molar-refractivity contribution in [3.63, 3.8) is 0 Å². The molecule has 34 heavy (non-hydrogen) atoms. The minimum atomic E-state index is -3.90. The summed E-state index contributed by atoms with van der Waals surface area (Å²) in [5, 5.41) is 3.49. The number of ether oxygens (including phenoxy) is 1. The molecule has 0 amide bonds. The molecule has 0 saturated carbocycles. The summed E-state index contributed by atoms with van der Waals surface area (Å²) in [7, 11) is -3.90. The van der Waals surface area contributed by atoms with Crippen LogP contribution in [0.5, 0.6) is 5.88 Å². The highest BCUT2D eigenvalue weighted by Gasteiger charge is 2.28. The molecule has 180 valence electrons. The number of nitrogens with one attached hydrogen (secondary N) is 2. The molecule has 2 heterocycles. The maximum Gasteiger partial charge on any atom is 0.264 e. The van der Waals surface area contributed by atoms with E-state index in [-0.39, 0.29) is 28.4 Å². The Hall–Kier alpha value is -3.13. The van der Waals surface area contributed by atoms with E-state index in [1.54, 1.807) is 24.3 Å². The van der Waals surface area contributed by atoms with Crippen LogP contribution in [0.15, 0.2) is 53.4 Å². The smallest absolute Gasteiger partial charge is 0.264 e. The third-order valence-corrected chi connectivity index (χ3v) is 7.19. The Balaban J connectivity index is 1.88. The molecule has 0 aliphatic carbocycles. The summed E-state index contributed by atoms with van der Waals surface area (Å²) in [6.45, 7) is 12.5. The number of hydrogen-bond acceptors (Lipinski definition) is 6. The van der Waals surface area contributed by atoms with Gasteiger partial charge in [-0.25, -0.2) is 18.1 Å². The minimum absolute atomic E-state index is 0.0198. The van der Waals surface area contributed by atoms with Gasteiger partial charge in [0.1, 0.15) is 6.10 Å². The van der Waals surface area contributed by atoms with Crippen LogP contribution in [-0.4, -0.2) is 30.5 Å². The number of anilines is 2. The Morgan fingerprint density at radius 3 is 2.35 bits per heavy atom. The largest absolute Gasteiger partial charge is 0.472 e. The third-order valence-electron chi connectivity index (χ3n) is 5.87. The molecule has 1 aromatic heterocycles. The number of hydrogen-bond donors (Lipinski definition) is 2. The normalized spacial score (nSPS) is 19.6. The van der Waals surface area contributed by atoms with E-state index < -0.39 is 10.0 Å². The van der Waals surface area contributed by atoms with Crippen LogP contribution in [0.4, 0.5) is 11.6 Å². The average molecular weight is 481 g/mol. The lowest BCUT2D eigenvalue weighted by Gasteiger charge is -2.32. The van der Waals surface area contributed by atoms with Crippen LogP contribution in [0.2, 0.25) is 0 Å². The molecule has 0 saturated heterocycles. The van der Waals surface area contributed by atoms with E-state index in [0.29, 0.717) is 17.3 Å². The van der Waals surface area contributed by atoms with Crippen LogP contribution in [-0.2, 0) is 10.0 Å². The zero-order valence-electron chi connectivity index (χ0n) is 20.5. The summed E-state index contributed by atoms with van der Waals surface area (Å²) in [6, 6.07) is 14.5. The number of benzene rings is 2. The molecule has 3 aromatic rings. The second kappa shape index (κ2) is 8.91. The molecular formula is C26H32N4O3S. The third kappa shape index (κ3) is 5.33. The monoisotopic (exact) mass is 480 g/mol. The average Bonchev–Trinajstić information content (AvgIpc) is 2.71. The van der Waals surface area contributed by atoms with Crippen molar-refractivity contribution in [3.05, 3.63) is 59.7 Å². The second-order valence-corrected chi connectivity index (χ2v) is 11.8. The molecule has 8 heteroatoms. The molecule has 4 bridgehead atoms. The molecule has 0 spiro atoms. The fourth-order valence-corrected chi connectivity index (χ4v) is 5.28. The Labute approximate surface area is 202 Å². The molecule has 1 aliphatic heterocycles. The zero-order valence-corrected chi connectivity index (χ0v) is 21.3. The van der Waals surface area contributed by atoms with Gasteiger partial charge in [0.05, 0.1) is 16.6 Å². The van der Waals surface area contributed by atoms with Crippen LogP contribution in [0.25, 0.3) is 11.3 Å². The first-order chi connectivity index (χ1) is 15.9. The van der Waals surface area contributed by atoms with Gasteiger partial charge in [-0.05, 0) is 61.9 Å². The number of aromatic nitrogens is 2. The predicted molar refractivity (Wildman–Crippen MR) is 136 cm³/mol. The van der Waals surface area contributed by atoms with E-state index >= 15 is 0 Å². The maximum absolute atomic E-state index is 13.2. The van der Waals surface area contributed by atoms with Gasteiger partial charge >= 0.3 is 0 Å². The highest BCUT2D eigenvalue weighted by Crippen LogP contribution is 2.32. The molecule has 1 aliphatic rings. The lowest BCUT2D eigenvalue weighted by Crippen LogP contribution is -2.39. The Morgan fingerprint density at radius 2 is 1.68 bits per heavy atom. The topological polar surface area (TPSA) is 93.2 Å². The van der Waals surface area contributed by atoms with Crippen molar-refractivity contribution in [1.29, 1.82) is 0 Å². The van der Waals surface area contributed by atoms with Gasteiger partial charge in [-0.2, -0.15) is 4.98 Å². The molecule has 7 nitrogen and oxygen atoms in total. The summed E-state index contributed by atoms with van der Waals surface area (Å²) in [5.74, 6) is 0.302. The summed E-state index contributed by atoms with van der Waals surface area (Å²) in [4.78, 5) is 9.12. The number of fused-ring (bicyclic) bond motifs is 4. The van der Waals surface area contributed by atoms with Gasteiger partial charge in [-0.3, -0.25) is 0 Å². The van der Waals surface area contributed by atoms with Crippen molar-refractivity contribution >= 4 is 21.7 Å². The summed E-state index contributed by atoms with van der Waals surface area (Å²) in [6.07, 6.45) is 0.568. The highest BCUT2D eigenvalue weighted by molar-refractivity contribution is 7.92. The van der Waals surface area contributed by atoms with Gasteiger partial charge in [0, 0.05) is 17.3 Å². The summed E-state index contributed by atoms with van der Waals surface area (Å²) in [5.41, 5.74) is 4.35. The van der Waals surface area contributed by atoms with Gasteiger partial charge in [0.25, 0.3) is 10.0 Å². The minimum Gasteiger partial charge on any atom is -0.472 e. The van der Waals surface area contributed by atoms with Crippen LogP contribution in [0.3, 0.4) is 0 Å². The van der Waals surface area contributed by atoms with Crippen LogP contribution >= 0.6 is 0 Å². The predicted octanol–water partition coefficient (Wildman–Crippen LogP) is 5.56. The second-order valence-electron chi connectivity index (χ2n) is 10.2. The molecule has 2 N–H and O–H groups in total. The molecule has 2 aromatic carbocycles. The van der Waals surface area contributed by atoms with Gasteiger partial charge in [-0.15, -0.1) is 0 Å². The quantitative estimate of drug-likeness (QED) is 0.499. The van der Waals surface area contributed by atoms with Crippen molar-refractivity contribution in [2.45, 2.75) is 65.0 Å². The molecule has 0 radical (unpaired) electrons. The molecule has 0 fully saturated rings. The maximum atomic E-state index is 13.2. The van der Waals surface area contributed by atoms with Crippen LogP contribution in [0.1, 0.15) is 45.2 Å². The van der Waals surface area contributed by atoms with E-state index in [1.165, 1.54) is 0 Å². The number of rotatable bonds is 2. The highest BCUT2D eigenvalue weighted by atomic mass is 32.2. The SMILES string of the molecule is Cc1cccc(C)c1-c1cc2nc(n1)NS(=O)(=O)c1cccc(c1)N[C@@H](CC(C)(C)C)[C@H](C)O2. The number of nitrogens with zero attached hydrogens (tertiary/aromatic N) is 2. The molecule has 0 unspecified atom stereocenters. The van der Waals surface area contributed by atoms with E-state index in [9.17, 15) is 8.42 Å². The van der Waals surface area contributed by atoms with Gasteiger partial charge in [0.15, 0.2) is 0 Å². The van der Waals surface area contributed by atoms with Crippen molar-refractivity contribution in [2.75, 3.05) is 10.0 Å². The van der Waals surface area contributed by atoms with Crippen molar-refractivity contribution in [1.82, 2.24) is 9.97 Å². The lowest BCUT2D eigenvalue weighted by molar-refractivity contribution is 0.164. The van der Waals surface area contributed by atoms with E-state index in [4.69, 9.17) is 4.74 Å². The first-order valence-electron chi connectivity index (χ1n) is 11.4. The first kappa shape index (κ1) is 24.0.